The van der Waals surface area contributed by atoms with Crippen molar-refractivity contribution in [2.24, 2.45) is 11.7 Å². The summed E-state index contributed by atoms with van der Waals surface area (Å²) in [4.78, 5) is 14.2. The molecular formula is C17H30ClN3O2. The van der Waals surface area contributed by atoms with Crippen LogP contribution in [0.25, 0.3) is 0 Å². The van der Waals surface area contributed by atoms with Gasteiger partial charge in [-0.1, -0.05) is 27.7 Å². The van der Waals surface area contributed by atoms with Gasteiger partial charge in [-0.05, 0) is 43.3 Å². The van der Waals surface area contributed by atoms with Crippen LogP contribution in [0.4, 0.5) is 5.69 Å². The first-order valence-corrected chi connectivity index (χ1v) is 7.99. The van der Waals surface area contributed by atoms with E-state index in [4.69, 9.17) is 10.5 Å². The third kappa shape index (κ3) is 7.68. The molecule has 0 aliphatic carbocycles. The zero-order valence-corrected chi connectivity index (χ0v) is 15.4. The van der Waals surface area contributed by atoms with Gasteiger partial charge < -0.3 is 20.7 Å². The van der Waals surface area contributed by atoms with E-state index in [0.29, 0.717) is 6.61 Å². The molecule has 3 N–H and O–H groups in total. The van der Waals surface area contributed by atoms with Crippen molar-refractivity contribution in [1.29, 1.82) is 0 Å². The van der Waals surface area contributed by atoms with Crippen molar-refractivity contribution >= 4 is 24.0 Å². The fourth-order valence-corrected chi connectivity index (χ4v) is 2.00. The highest BCUT2D eigenvalue weighted by atomic mass is 35.5. The predicted octanol–water partition coefficient (Wildman–Crippen LogP) is 2.75. The molecule has 0 aliphatic heterocycles. The molecule has 0 saturated carbocycles. The highest BCUT2D eigenvalue weighted by molar-refractivity contribution is 5.94. The van der Waals surface area contributed by atoms with Gasteiger partial charge >= 0.3 is 0 Å². The number of benzene rings is 1. The smallest absolute Gasteiger partial charge is 0.241 e. The number of carbonyl (C=O) groups is 1. The van der Waals surface area contributed by atoms with Crippen LogP contribution in [-0.2, 0) is 4.79 Å². The van der Waals surface area contributed by atoms with Crippen LogP contribution in [0, 0.1) is 5.92 Å². The normalized spacial score (nSPS) is 12.0. The minimum absolute atomic E-state index is 0. The van der Waals surface area contributed by atoms with E-state index in [1.165, 1.54) is 0 Å². The van der Waals surface area contributed by atoms with Crippen LogP contribution >= 0.6 is 12.4 Å². The molecule has 1 atom stereocenters. The summed E-state index contributed by atoms with van der Waals surface area (Å²) in [6.07, 6.45) is 0. The molecule has 0 unspecified atom stereocenters. The van der Waals surface area contributed by atoms with Gasteiger partial charge in [0.15, 0.2) is 0 Å². The minimum atomic E-state index is -0.495. The van der Waals surface area contributed by atoms with Crippen molar-refractivity contribution in [2.45, 2.75) is 33.7 Å². The Kier molecular flexibility index (Phi) is 10.6. The van der Waals surface area contributed by atoms with Crippen LogP contribution in [0.1, 0.15) is 27.7 Å². The number of anilines is 1. The summed E-state index contributed by atoms with van der Waals surface area (Å²) in [7, 11) is 0. The lowest BCUT2D eigenvalue weighted by molar-refractivity contribution is -0.118. The zero-order chi connectivity index (χ0) is 16.5. The molecule has 1 rings (SSSR count). The molecule has 0 heterocycles. The number of halogens is 1. The van der Waals surface area contributed by atoms with E-state index >= 15 is 0 Å². The Labute approximate surface area is 146 Å². The summed E-state index contributed by atoms with van der Waals surface area (Å²) in [6, 6.07) is 6.89. The molecule has 0 saturated heterocycles. The van der Waals surface area contributed by atoms with Gasteiger partial charge in [-0.3, -0.25) is 4.79 Å². The molecule has 1 aromatic carbocycles. The quantitative estimate of drug-likeness (QED) is 0.723. The SMILES string of the molecule is CCN(CC)CCOc1ccc(NC(=O)[C@@H](N)C(C)C)cc1.Cl. The maximum atomic E-state index is 11.9. The van der Waals surface area contributed by atoms with Crippen molar-refractivity contribution < 1.29 is 9.53 Å². The molecule has 0 aromatic heterocycles. The number of nitrogens with one attached hydrogen (secondary N) is 1. The Hall–Kier alpha value is -1.30. The predicted molar refractivity (Wildman–Crippen MR) is 98.4 cm³/mol. The van der Waals surface area contributed by atoms with Crippen molar-refractivity contribution in [3.8, 4) is 5.75 Å². The van der Waals surface area contributed by atoms with Gasteiger partial charge in [0.25, 0.3) is 0 Å². The number of hydrogen-bond donors (Lipinski definition) is 2. The lowest BCUT2D eigenvalue weighted by Crippen LogP contribution is -2.39. The molecule has 0 spiro atoms. The zero-order valence-electron chi connectivity index (χ0n) is 14.5. The number of hydrogen-bond acceptors (Lipinski definition) is 4. The van der Waals surface area contributed by atoms with Gasteiger partial charge in [-0.2, -0.15) is 0 Å². The fourth-order valence-electron chi connectivity index (χ4n) is 2.00. The van der Waals surface area contributed by atoms with Crippen molar-refractivity contribution in [3.63, 3.8) is 0 Å². The highest BCUT2D eigenvalue weighted by Gasteiger charge is 2.16. The molecule has 5 nitrogen and oxygen atoms in total. The Bertz CT molecular complexity index is 448. The lowest BCUT2D eigenvalue weighted by Gasteiger charge is -2.18. The largest absolute Gasteiger partial charge is 0.492 e. The molecule has 0 fully saturated rings. The Balaban J connectivity index is 0.00000484. The summed E-state index contributed by atoms with van der Waals surface area (Å²) < 4.78 is 5.71. The Morgan fingerprint density at radius 1 is 1.22 bits per heavy atom. The third-order valence-electron chi connectivity index (χ3n) is 3.71. The molecule has 1 amide bonds. The average molecular weight is 344 g/mol. The summed E-state index contributed by atoms with van der Waals surface area (Å²) in [6.45, 7) is 11.8. The van der Waals surface area contributed by atoms with Crippen molar-refractivity contribution in [1.82, 2.24) is 4.90 Å². The van der Waals surface area contributed by atoms with Crippen LogP contribution in [0.5, 0.6) is 5.75 Å². The first-order chi connectivity index (χ1) is 10.5. The highest BCUT2D eigenvalue weighted by Crippen LogP contribution is 2.16. The topological polar surface area (TPSA) is 67.6 Å². The number of likely N-dealkylation sites (N-methyl/N-ethyl adjacent to an activating group) is 1. The Morgan fingerprint density at radius 3 is 2.26 bits per heavy atom. The molecular weight excluding hydrogens is 314 g/mol. The maximum Gasteiger partial charge on any atom is 0.241 e. The number of rotatable bonds is 9. The summed E-state index contributed by atoms with van der Waals surface area (Å²) in [5.41, 5.74) is 6.55. The van der Waals surface area contributed by atoms with Crippen molar-refractivity contribution in [3.05, 3.63) is 24.3 Å². The van der Waals surface area contributed by atoms with E-state index in [-0.39, 0.29) is 24.2 Å². The van der Waals surface area contributed by atoms with Crippen LogP contribution in [-0.4, -0.2) is 43.1 Å². The van der Waals surface area contributed by atoms with E-state index in [0.717, 1.165) is 31.1 Å². The molecule has 0 bridgehead atoms. The first-order valence-electron chi connectivity index (χ1n) is 7.99. The number of nitrogens with two attached hydrogens (primary N) is 1. The minimum Gasteiger partial charge on any atom is -0.492 e. The Morgan fingerprint density at radius 2 is 1.78 bits per heavy atom. The van der Waals surface area contributed by atoms with Gasteiger partial charge in [-0.15, -0.1) is 12.4 Å². The molecule has 1 aromatic rings. The van der Waals surface area contributed by atoms with E-state index in [2.05, 4.69) is 24.1 Å². The second-order valence-electron chi connectivity index (χ2n) is 5.66. The molecule has 132 valence electrons. The maximum absolute atomic E-state index is 11.9. The van der Waals surface area contributed by atoms with Gasteiger partial charge in [0, 0.05) is 12.2 Å². The molecule has 0 aliphatic rings. The summed E-state index contributed by atoms with van der Waals surface area (Å²) in [5.74, 6) is 0.756. The van der Waals surface area contributed by atoms with E-state index in [9.17, 15) is 4.79 Å². The van der Waals surface area contributed by atoms with Gasteiger partial charge in [0.2, 0.25) is 5.91 Å². The first kappa shape index (κ1) is 21.7. The lowest BCUT2D eigenvalue weighted by atomic mass is 10.1. The van der Waals surface area contributed by atoms with Gasteiger partial charge in [0.05, 0.1) is 6.04 Å². The van der Waals surface area contributed by atoms with Crippen LogP contribution in [0.15, 0.2) is 24.3 Å². The van der Waals surface area contributed by atoms with Crippen LogP contribution < -0.4 is 15.8 Å². The molecule has 23 heavy (non-hydrogen) atoms. The average Bonchev–Trinajstić information content (AvgIpc) is 2.52. The number of ether oxygens (including phenoxy) is 1. The van der Waals surface area contributed by atoms with E-state index in [1.54, 1.807) is 0 Å². The van der Waals surface area contributed by atoms with Crippen molar-refractivity contribution in [2.75, 3.05) is 31.6 Å². The van der Waals surface area contributed by atoms with Crippen LogP contribution in [0.2, 0.25) is 0 Å². The summed E-state index contributed by atoms with van der Waals surface area (Å²) >= 11 is 0. The fraction of sp³-hybridized carbons (Fsp3) is 0.588. The van der Waals surface area contributed by atoms with Gasteiger partial charge in [0.1, 0.15) is 12.4 Å². The van der Waals surface area contributed by atoms with Gasteiger partial charge in [-0.25, -0.2) is 0 Å². The molecule has 6 heteroatoms. The number of nitrogens with zero attached hydrogens (tertiary/aromatic N) is 1. The monoisotopic (exact) mass is 343 g/mol. The van der Waals surface area contributed by atoms with E-state index in [1.807, 2.05) is 38.1 Å². The third-order valence-corrected chi connectivity index (χ3v) is 3.71. The van der Waals surface area contributed by atoms with Crippen LogP contribution in [0.3, 0.4) is 0 Å². The number of carbonyl (C=O) groups excluding carboxylic acids is 1. The second-order valence-corrected chi connectivity index (χ2v) is 5.66. The second kappa shape index (κ2) is 11.3. The standard InChI is InChI=1S/C17H29N3O2.ClH/c1-5-20(6-2)11-12-22-15-9-7-14(8-10-15)19-17(21)16(18)13(3)4;/h7-10,13,16H,5-6,11-12,18H2,1-4H3,(H,19,21);1H/t16-;/m0./s1. The summed E-state index contributed by atoms with van der Waals surface area (Å²) in [5, 5.41) is 2.82. The molecule has 0 radical (unpaired) electrons. The van der Waals surface area contributed by atoms with E-state index < -0.39 is 6.04 Å². The number of amides is 1.